The van der Waals surface area contributed by atoms with Crippen molar-refractivity contribution in [1.82, 2.24) is 0 Å². The molecule has 0 heterocycles. The Hall–Kier alpha value is -3.40. The Morgan fingerprint density at radius 2 is 1.77 bits per heavy atom. The molecular formula is C19H21N3O4. The van der Waals surface area contributed by atoms with Gasteiger partial charge in [-0.25, -0.2) is 4.79 Å². The molecule has 136 valence electrons. The SMILES string of the molecule is CCOc1cc(N)c(C(Nc2ccc(C#N)cc2)C(=O)O)cc1OCC. The van der Waals surface area contributed by atoms with E-state index in [2.05, 4.69) is 5.32 Å². The Balaban J connectivity index is 2.40. The summed E-state index contributed by atoms with van der Waals surface area (Å²) in [6, 6.07) is 10.6. The average molecular weight is 355 g/mol. The number of nitriles is 1. The second-order valence-electron chi connectivity index (χ2n) is 5.40. The van der Waals surface area contributed by atoms with Crippen LogP contribution in [0.1, 0.15) is 31.0 Å². The number of rotatable bonds is 8. The van der Waals surface area contributed by atoms with Crippen molar-refractivity contribution >= 4 is 17.3 Å². The van der Waals surface area contributed by atoms with Crippen molar-refractivity contribution in [3.8, 4) is 17.6 Å². The maximum absolute atomic E-state index is 11.8. The fraction of sp³-hybridized carbons (Fsp3) is 0.263. The molecule has 0 fully saturated rings. The third-order valence-corrected chi connectivity index (χ3v) is 3.63. The summed E-state index contributed by atoms with van der Waals surface area (Å²) in [5.41, 5.74) is 7.77. The van der Waals surface area contributed by atoms with E-state index < -0.39 is 12.0 Å². The molecule has 4 N–H and O–H groups in total. The first kappa shape index (κ1) is 18.9. The molecule has 2 rings (SSSR count). The maximum atomic E-state index is 11.8. The molecule has 7 nitrogen and oxygen atoms in total. The number of nitrogen functional groups attached to an aromatic ring is 1. The first-order chi connectivity index (χ1) is 12.5. The van der Waals surface area contributed by atoms with E-state index >= 15 is 0 Å². The Kier molecular flexibility index (Phi) is 6.28. The largest absolute Gasteiger partial charge is 0.490 e. The first-order valence-electron chi connectivity index (χ1n) is 8.18. The number of carboxylic acid groups (broad SMARTS) is 1. The van der Waals surface area contributed by atoms with Crippen LogP contribution in [-0.2, 0) is 4.79 Å². The quantitative estimate of drug-likeness (QED) is 0.622. The highest BCUT2D eigenvalue weighted by Crippen LogP contribution is 2.36. The highest BCUT2D eigenvalue weighted by molar-refractivity contribution is 5.82. The number of nitrogens with one attached hydrogen (secondary N) is 1. The molecule has 0 aliphatic rings. The van der Waals surface area contributed by atoms with Crippen LogP contribution >= 0.6 is 0 Å². The Labute approximate surface area is 152 Å². The second-order valence-corrected chi connectivity index (χ2v) is 5.40. The van der Waals surface area contributed by atoms with Crippen molar-refractivity contribution in [2.24, 2.45) is 0 Å². The summed E-state index contributed by atoms with van der Waals surface area (Å²) >= 11 is 0. The second kappa shape index (κ2) is 8.62. The van der Waals surface area contributed by atoms with Crippen molar-refractivity contribution in [2.45, 2.75) is 19.9 Å². The molecule has 2 aromatic carbocycles. The van der Waals surface area contributed by atoms with Gasteiger partial charge in [0.15, 0.2) is 17.5 Å². The maximum Gasteiger partial charge on any atom is 0.330 e. The van der Waals surface area contributed by atoms with E-state index in [4.69, 9.17) is 20.5 Å². The highest BCUT2D eigenvalue weighted by Gasteiger charge is 2.24. The number of benzene rings is 2. The van der Waals surface area contributed by atoms with Gasteiger partial charge in [-0.15, -0.1) is 0 Å². The number of hydrogen-bond acceptors (Lipinski definition) is 6. The van der Waals surface area contributed by atoms with Gasteiger partial charge in [-0.2, -0.15) is 5.26 Å². The van der Waals surface area contributed by atoms with Gasteiger partial charge in [0.25, 0.3) is 0 Å². The van der Waals surface area contributed by atoms with Crippen LogP contribution in [0.2, 0.25) is 0 Å². The molecule has 0 aliphatic heterocycles. The molecule has 0 amide bonds. The van der Waals surface area contributed by atoms with E-state index in [1.54, 1.807) is 36.4 Å². The van der Waals surface area contributed by atoms with Gasteiger partial charge in [-0.1, -0.05) is 0 Å². The van der Waals surface area contributed by atoms with Crippen molar-refractivity contribution in [2.75, 3.05) is 24.3 Å². The number of nitrogens with two attached hydrogens (primary N) is 1. The van der Waals surface area contributed by atoms with Gasteiger partial charge in [-0.3, -0.25) is 0 Å². The summed E-state index contributed by atoms with van der Waals surface area (Å²) < 4.78 is 11.1. The predicted octanol–water partition coefficient (Wildman–Crippen LogP) is 3.18. The molecule has 0 saturated carbocycles. The monoisotopic (exact) mass is 355 g/mol. The molecule has 0 spiro atoms. The molecule has 1 unspecified atom stereocenters. The molecule has 0 radical (unpaired) electrons. The van der Waals surface area contributed by atoms with E-state index in [-0.39, 0.29) is 5.69 Å². The normalized spacial score (nSPS) is 11.3. The van der Waals surface area contributed by atoms with Gasteiger partial charge >= 0.3 is 5.97 Å². The van der Waals surface area contributed by atoms with Gasteiger partial charge in [0.1, 0.15) is 0 Å². The predicted molar refractivity (Wildman–Crippen MR) is 98.3 cm³/mol. The van der Waals surface area contributed by atoms with Crippen LogP contribution in [0.15, 0.2) is 36.4 Å². The Morgan fingerprint density at radius 3 is 2.27 bits per heavy atom. The van der Waals surface area contributed by atoms with Crippen LogP contribution < -0.4 is 20.5 Å². The first-order valence-corrected chi connectivity index (χ1v) is 8.18. The van der Waals surface area contributed by atoms with Gasteiger partial charge < -0.3 is 25.6 Å². The summed E-state index contributed by atoms with van der Waals surface area (Å²) in [7, 11) is 0. The molecule has 0 aromatic heterocycles. The molecule has 0 aliphatic carbocycles. The van der Waals surface area contributed by atoms with Gasteiger partial charge in [0, 0.05) is 23.0 Å². The van der Waals surface area contributed by atoms with Crippen molar-refractivity contribution in [3.63, 3.8) is 0 Å². The van der Waals surface area contributed by atoms with Crippen molar-refractivity contribution < 1.29 is 19.4 Å². The van der Waals surface area contributed by atoms with Crippen LogP contribution in [0, 0.1) is 11.3 Å². The van der Waals surface area contributed by atoms with Crippen LogP contribution in [0.25, 0.3) is 0 Å². The lowest BCUT2D eigenvalue weighted by Gasteiger charge is -2.20. The summed E-state index contributed by atoms with van der Waals surface area (Å²) in [5, 5.41) is 21.4. The molecule has 2 aromatic rings. The van der Waals surface area contributed by atoms with E-state index in [0.29, 0.717) is 41.5 Å². The number of carbonyl (C=O) groups is 1. The van der Waals surface area contributed by atoms with Gasteiger partial charge in [0.05, 0.1) is 24.8 Å². The standard InChI is InChI=1S/C19H21N3O4/c1-3-25-16-9-14(15(21)10-17(16)26-4-2)18(19(23)24)22-13-7-5-12(11-20)6-8-13/h5-10,18,22H,3-4,21H2,1-2H3,(H,23,24). The zero-order chi connectivity index (χ0) is 19.1. The zero-order valence-corrected chi connectivity index (χ0v) is 14.7. The van der Waals surface area contributed by atoms with Crippen LogP contribution in [0.4, 0.5) is 11.4 Å². The molecule has 7 heteroatoms. The minimum Gasteiger partial charge on any atom is -0.490 e. The summed E-state index contributed by atoms with van der Waals surface area (Å²) in [5.74, 6) is -0.183. The van der Waals surface area contributed by atoms with Crippen molar-refractivity contribution in [3.05, 3.63) is 47.5 Å². The number of aliphatic carboxylic acids is 1. The Morgan fingerprint density at radius 1 is 1.19 bits per heavy atom. The van der Waals surface area contributed by atoms with Crippen LogP contribution in [0.5, 0.6) is 11.5 Å². The van der Waals surface area contributed by atoms with E-state index in [0.717, 1.165) is 0 Å². The lowest BCUT2D eigenvalue weighted by atomic mass is 10.0. The zero-order valence-electron chi connectivity index (χ0n) is 14.7. The lowest BCUT2D eigenvalue weighted by Crippen LogP contribution is -2.22. The van der Waals surface area contributed by atoms with E-state index in [1.807, 2.05) is 19.9 Å². The molecular weight excluding hydrogens is 334 g/mol. The minimum atomic E-state index is -1.09. The fourth-order valence-corrected chi connectivity index (χ4v) is 2.46. The lowest BCUT2D eigenvalue weighted by molar-refractivity contribution is -0.138. The number of nitrogens with zero attached hydrogens (tertiary/aromatic N) is 1. The molecule has 0 saturated heterocycles. The van der Waals surface area contributed by atoms with Crippen molar-refractivity contribution in [1.29, 1.82) is 5.26 Å². The van der Waals surface area contributed by atoms with Crippen LogP contribution in [-0.4, -0.2) is 24.3 Å². The van der Waals surface area contributed by atoms with Gasteiger partial charge in [0.2, 0.25) is 0 Å². The fourth-order valence-electron chi connectivity index (χ4n) is 2.46. The third-order valence-electron chi connectivity index (χ3n) is 3.63. The minimum absolute atomic E-state index is 0.283. The summed E-state index contributed by atoms with van der Waals surface area (Å²) in [6.07, 6.45) is 0. The smallest absolute Gasteiger partial charge is 0.330 e. The number of carboxylic acids is 1. The van der Waals surface area contributed by atoms with E-state index in [1.165, 1.54) is 0 Å². The molecule has 0 bridgehead atoms. The number of hydrogen-bond donors (Lipinski definition) is 3. The molecule has 1 atom stereocenters. The van der Waals surface area contributed by atoms with Crippen LogP contribution in [0.3, 0.4) is 0 Å². The van der Waals surface area contributed by atoms with E-state index in [9.17, 15) is 9.90 Å². The third kappa shape index (κ3) is 4.36. The average Bonchev–Trinajstić information content (AvgIpc) is 2.63. The topological polar surface area (TPSA) is 118 Å². The number of ether oxygens (including phenoxy) is 2. The highest BCUT2D eigenvalue weighted by atomic mass is 16.5. The number of anilines is 2. The Bertz CT molecular complexity index is 813. The molecule has 26 heavy (non-hydrogen) atoms. The summed E-state index contributed by atoms with van der Waals surface area (Å²) in [6.45, 7) is 4.51. The van der Waals surface area contributed by atoms with Gasteiger partial charge in [-0.05, 0) is 44.2 Å². The summed E-state index contributed by atoms with van der Waals surface area (Å²) in [4.78, 5) is 11.8.